The van der Waals surface area contributed by atoms with Gasteiger partial charge in [-0.25, -0.2) is 8.42 Å². The highest BCUT2D eigenvalue weighted by Crippen LogP contribution is 2.35. The van der Waals surface area contributed by atoms with Crippen molar-refractivity contribution in [3.05, 3.63) is 29.8 Å². The first kappa shape index (κ1) is 16.9. The second kappa shape index (κ2) is 6.91. The van der Waals surface area contributed by atoms with Crippen LogP contribution in [0, 0.1) is 5.92 Å². The van der Waals surface area contributed by atoms with Crippen molar-refractivity contribution in [2.45, 2.75) is 48.2 Å². The third-order valence-electron chi connectivity index (χ3n) is 4.76. The van der Waals surface area contributed by atoms with E-state index in [0.29, 0.717) is 17.2 Å². The maximum absolute atomic E-state index is 12.2. The molecule has 0 unspecified atom stereocenters. The number of hydrogen-bond donors (Lipinski definition) is 0. The van der Waals surface area contributed by atoms with Gasteiger partial charge >= 0.3 is 0 Å². The number of carbonyl (C=O) groups excluding carboxylic acids is 1. The first-order chi connectivity index (χ1) is 11.0. The monoisotopic (exact) mass is 356 g/mol. The third-order valence-corrected chi connectivity index (χ3v) is 7.30. The zero-order valence-electron chi connectivity index (χ0n) is 12.9. The maximum atomic E-state index is 12.2. The summed E-state index contributed by atoms with van der Waals surface area (Å²) in [6.45, 7) is 1.46. The van der Waals surface area contributed by atoms with Crippen molar-refractivity contribution in [3.8, 4) is 0 Å². The van der Waals surface area contributed by atoms with Crippen LogP contribution in [0.15, 0.2) is 29.2 Å². The van der Waals surface area contributed by atoms with Gasteiger partial charge in [-0.1, -0.05) is 12.1 Å². The molecule has 0 N–H and O–H groups in total. The van der Waals surface area contributed by atoms with Gasteiger partial charge in [-0.2, -0.15) is 0 Å². The Labute approximate surface area is 142 Å². The van der Waals surface area contributed by atoms with E-state index in [2.05, 4.69) is 0 Å². The third kappa shape index (κ3) is 3.95. The van der Waals surface area contributed by atoms with Crippen LogP contribution in [0.2, 0.25) is 0 Å². The molecular formula is C17H21ClO4S. The number of halogens is 1. The molecule has 1 aromatic carbocycles. The van der Waals surface area contributed by atoms with Gasteiger partial charge < -0.3 is 4.74 Å². The number of carbonyl (C=O) groups is 1. The fraction of sp³-hybridized carbons (Fsp3) is 0.588. The van der Waals surface area contributed by atoms with Gasteiger partial charge in [0.05, 0.1) is 16.1 Å². The predicted octanol–water partition coefficient (Wildman–Crippen LogP) is 3.29. The summed E-state index contributed by atoms with van der Waals surface area (Å²) in [5, 5.41) is -0.602. The second-order valence-corrected chi connectivity index (χ2v) is 9.06. The molecule has 2 aliphatic rings. The van der Waals surface area contributed by atoms with E-state index in [1.54, 1.807) is 24.3 Å². The molecule has 1 aliphatic carbocycles. The molecule has 6 heteroatoms. The second-order valence-electron chi connectivity index (χ2n) is 6.46. The van der Waals surface area contributed by atoms with Crippen LogP contribution in [0.5, 0.6) is 0 Å². The Kier molecular flexibility index (Phi) is 5.09. The minimum atomic E-state index is -3.19. The van der Waals surface area contributed by atoms with Crippen LogP contribution >= 0.6 is 11.6 Å². The van der Waals surface area contributed by atoms with Crippen molar-refractivity contribution in [2.75, 3.05) is 13.2 Å². The van der Waals surface area contributed by atoms with Gasteiger partial charge in [-0.3, -0.25) is 4.79 Å². The highest BCUT2D eigenvalue weighted by Gasteiger charge is 2.37. The first-order valence-corrected chi connectivity index (χ1v) is 10.0. The number of ether oxygens (including phenoxy) is 1. The van der Waals surface area contributed by atoms with Gasteiger partial charge in [-0.05, 0) is 67.3 Å². The number of rotatable bonds is 6. The van der Waals surface area contributed by atoms with Crippen LogP contribution in [0.25, 0.3) is 0 Å². The first-order valence-electron chi connectivity index (χ1n) is 8.09. The molecule has 1 aromatic rings. The van der Waals surface area contributed by atoms with Gasteiger partial charge in [0.1, 0.15) is 0 Å². The van der Waals surface area contributed by atoms with Crippen LogP contribution in [-0.2, 0) is 19.4 Å². The number of sulfone groups is 1. The van der Waals surface area contributed by atoms with Gasteiger partial charge in [0.15, 0.2) is 9.84 Å². The minimum absolute atomic E-state index is 0.221. The molecule has 23 heavy (non-hydrogen) atoms. The Morgan fingerprint density at radius 3 is 2.26 bits per heavy atom. The molecule has 126 valence electrons. The summed E-state index contributed by atoms with van der Waals surface area (Å²) in [4.78, 5) is 12.2. The maximum Gasteiger partial charge on any atom is 0.229 e. The molecule has 0 amide bonds. The van der Waals surface area contributed by atoms with E-state index in [4.69, 9.17) is 16.3 Å². The lowest BCUT2D eigenvalue weighted by Crippen LogP contribution is -2.20. The molecule has 4 nitrogen and oxygen atoms in total. The van der Waals surface area contributed by atoms with Crippen molar-refractivity contribution in [1.29, 1.82) is 0 Å². The summed E-state index contributed by atoms with van der Waals surface area (Å²) in [5.74, 6) is 0.0452. The molecule has 0 spiro atoms. The van der Waals surface area contributed by atoms with Crippen molar-refractivity contribution >= 4 is 26.7 Å². The lowest BCUT2D eigenvalue weighted by Gasteiger charge is -2.25. The molecule has 1 aliphatic heterocycles. The smallest absolute Gasteiger partial charge is 0.229 e. The average Bonchev–Trinajstić information content (AvgIpc) is 3.39. The fourth-order valence-corrected chi connectivity index (χ4v) is 5.01. The molecule has 1 saturated heterocycles. The Bertz CT molecular complexity index is 658. The normalized spacial score (nSPS) is 21.1. The van der Waals surface area contributed by atoms with E-state index in [-0.39, 0.29) is 16.4 Å². The van der Waals surface area contributed by atoms with Gasteiger partial charge in [0, 0.05) is 13.2 Å². The Balaban J connectivity index is 1.75. The van der Waals surface area contributed by atoms with E-state index in [1.807, 2.05) is 0 Å². The van der Waals surface area contributed by atoms with E-state index in [1.165, 1.54) is 0 Å². The lowest BCUT2D eigenvalue weighted by molar-refractivity contribution is -0.113. The molecule has 2 fully saturated rings. The summed E-state index contributed by atoms with van der Waals surface area (Å²) < 4.78 is 29.8. The molecule has 1 saturated carbocycles. The van der Waals surface area contributed by atoms with Crippen LogP contribution < -0.4 is 0 Å². The molecule has 0 aromatic heterocycles. The van der Waals surface area contributed by atoms with Crippen LogP contribution in [0.3, 0.4) is 0 Å². The summed E-state index contributed by atoms with van der Waals surface area (Å²) in [7, 11) is -3.19. The van der Waals surface area contributed by atoms with Crippen molar-refractivity contribution in [2.24, 2.45) is 5.92 Å². The fourth-order valence-electron chi connectivity index (χ4n) is 3.14. The average molecular weight is 357 g/mol. The quantitative estimate of drug-likeness (QED) is 0.734. The minimum Gasteiger partial charge on any atom is -0.381 e. The van der Waals surface area contributed by atoms with Crippen molar-refractivity contribution in [3.63, 3.8) is 0 Å². The highest BCUT2D eigenvalue weighted by molar-refractivity contribution is 7.92. The van der Waals surface area contributed by atoms with E-state index >= 15 is 0 Å². The van der Waals surface area contributed by atoms with E-state index in [0.717, 1.165) is 44.5 Å². The van der Waals surface area contributed by atoms with Gasteiger partial charge in [-0.15, -0.1) is 0 Å². The Morgan fingerprint density at radius 2 is 1.74 bits per heavy atom. The SMILES string of the molecule is O=C(Cl)[C@H](CC1CCOCC1)c1ccc(S(=O)(=O)C2CC2)cc1. The Hall–Kier alpha value is -0.910. The zero-order chi connectivity index (χ0) is 16.4. The predicted molar refractivity (Wildman–Crippen MR) is 88.4 cm³/mol. The molecule has 0 bridgehead atoms. The molecule has 0 radical (unpaired) electrons. The lowest BCUT2D eigenvalue weighted by atomic mass is 9.86. The molecule has 1 atom stereocenters. The van der Waals surface area contributed by atoms with Crippen LogP contribution in [0.4, 0.5) is 0 Å². The summed E-state index contributed by atoms with van der Waals surface area (Å²) >= 11 is 5.80. The topological polar surface area (TPSA) is 60.4 Å². The molecular weight excluding hydrogens is 336 g/mol. The van der Waals surface area contributed by atoms with Crippen molar-refractivity contribution < 1.29 is 17.9 Å². The number of benzene rings is 1. The van der Waals surface area contributed by atoms with Crippen molar-refractivity contribution in [1.82, 2.24) is 0 Å². The zero-order valence-corrected chi connectivity index (χ0v) is 14.5. The molecule has 3 rings (SSSR count). The molecule has 1 heterocycles. The van der Waals surface area contributed by atoms with E-state index in [9.17, 15) is 13.2 Å². The number of hydrogen-bond acceptors (Lipinski definition) is 4. The van der Waals surface area contributed by atoms with Gasteiger partial charge in [0.2, 0.25) is 5.24 Å². The van der Waals surface area contributed by atoms with Crippen LogP contribution in [-0.4, -0.2) is 32.1 Å². The van der Waals surface area contributed by atoms with E-state index < -0.39 is 9.84 Å². The van der Waals surface area contributed by atoms with Crippen LogP contribution in [0.1, 0.15) is 43.6 Å². The standard InChI is InChI=1S/C17H21ClO4S/c18-17(19)16(11-12-7-9-22-10-8-12)13-1-3-14(4-2-13)23(20,21)15-5-6-15/h1-4,12,15-16H,5-11H2/t16-/m1/s1. The largest absolute Gasteiger partial charge is 0.381 e. The summed E-state index contributed by atoms with van der Waals surface area (Å²) in [6, 6.07) is 6.69. The Morgan fingerprint density at radius 1 is 1.13 bits per heavy atom. The van der Waals surface area contributed by atoms with Gasteiger partial charge in [0.25, 0.3) is 0 Å². The highest BCUT2D eigenvalue weighted by atomic mass is 35.5. The summed E-state index contributed by atoms with van der Waals surface area (Å²) in [5.41, 5.74) is 0.797. The summed E-state index contributed by atoms with van der Waals surface area (Å²) in [6.07, 6.45) is 4.07.